The van der Waals surface area contributed by atoms with Gasteiger partial charge in [0.2, 0.25) is 5.95 Å². The number of hydrogen-bond donors (Lipinski definition) is 0. The van der Waals surface area contributed by atoms with E-state index in [0.717, 1.165) is 22.5 Å². The number of anilines is 4. The van der Waals surface area contributed by atoms with Crippen molar-refractivity contribution in [3.8, 4) is 23.3 Å². The Hall–Kier alpha value is -6.46. The minimum atomic E-state index is -0.871. The summed E-state index contributed by atoms with van der Waals surface area (Å²) < 4.78 is 54.8. The largest absolute Gasteiger partial charge is 0.365 e. The van der Waals surface area contributed by atoms with Crippen LogP contribution in [-0.2, 0) is 12.8 Å². The number of halogens is 4. The first-order chi connectivity index (χ1) is 28.2. The monoisotopic (exact) mass is 790 g/mol. The Bertz CT molecular complexity index is 2250. The lowest BCUT2D eigenvalue weighted by molar-refractivity contribution is 0.273. The van der Waals surface area contributed by atoms with Crippen molar-refractivity contribution < 1.29 is 17.6 Å². The van der Waals surface area contributed by atoms with Gasteiger partial charge in [0, 0.05) is 104 Å². The van der Waals surface area contributed by atoms with Crippen LogP contribution in [0.15, 0.2) is 73.6 Å². The average Bonchev–Trinajstić information content (AvgIpc) is 3.22. The smallest absolute Gasteiger partial charge is 0.216 e. The first-order valence-corrected chi connectivity index (χ1v) is 19.1. The molecule has 0 bridgehead atoms. The molecule has 0 saturated carbocycles. The molecule has 4 aliphatic rings. The van der Waals surface area contributed by atoms with Crippen LogP contribution in [0.4, 0.5) is 40.7 Å². The van der Waals surface area contributed by atoms with E-state index in [4.69, 9.17) is 0 Å². The van der Waals surface area contributed by atoms with E-state index in [9.17, 15) is 17.6 Å². The van der Waals surface area contributed by atoms with Crippen molar-refractivity contribution in [2.75, 3.05) is 58.9 Å². The van der Waals surface area contributed by atoms with E-state index in [2.05, 4.69) is 49.8 Å². The molecule has 10 heterocycles. The Balaban J connectivity index is 0.000000150. The fourth-order valence-electron chi connectivity index (χ4n) is 7.62. The fourth-order valence-corrected chi connectivity index (χ4v) is 7.62. The molecule has 296 valence electrons. The molecule has 2 fully saturated rings. The molecular weight excluding hydrogens is 753 g/mol. The first-order valence-electron chi connectivity index (χ1n) is 19.1. The van der Waals surface area contributed by atoms with Crippen LogP contribution in [0.1, 0.15) is 48.4 Å². The second-order valence-corrected chi connectivity index (χ2v) is 14.6. The molecule has 0 spiro atoms. The molecule has 4 aliphatic heterocycles. The van der Waals surface area contributed by atoms with Crippen molar-refractivity contribution in [1.29, 1.82) is 0 Å². The first kappa shape index (κ1) is 37.1. The van der Waals surface area contributed by atoms with Gasteiger partial charge in [-0.3, -0.25) is 0 Å². The highest BCUT2D eigenvalue weighted by Gasteiger charge is 2.33. The summed E-state index contributed by atoms with van der Waals surface area (Å²) in [6.07, 6.45) is 9.83. The molecule has 0 radical (unpaired) electrons. The molecule has 2 unspecified atom stereocenters. The number of alkyl halides is 2. The zero-order chi connectivity index (χ0) is 39.9. The third-order valence-electron chi connectivity index (χ3n) is 10.8. The van der Waals surface area contributed by atoms with Gasteiger partial charge in [-0.1, -0.05) is 0 Å². The molecule has 2 atom stereocenters. The normalized spacial score (nSPS) is 19.1. The molecule has 0 N–H and O–H groups in total. The number of aromatic nitrogens is 10. The predicted octanol–water partition coefficient (Wildman–Crippen LogP) is 5.50. The number of rotatable bonds is 6. The minimum Gasteiger partial charge on any atom is -0.365 e. The lowest BCUT2D eigenvalue weighted by atomic mass is 9.99. The lowest BCUT2D eigenvalue weighted by Crippen LogP contribution is -2.49. The summed E-state index contributed by atoms with van der Waals surface area (Å²) in [7, 11) is 0. The summed E-state index contributed by atoms with van der Waals surface area (Å²) in [5, 5.41) is 0. The molecule has 6 aromatic rings. The molecule has 0 aliphatic carbocycles. The maximum absolute atomic E-state index is 14.2. The predicted molar refractivity (Wildman–Crippen MR) is 208 cm³/mol. The van der Waals surface area contributed by atoms with E-state index < -0.39 is 18.3 Å². The number of hydrogen-bond acceptors (Lipinski definition) is 14. The van der Waals surface area contributed by atoms with Crippen LogP contribution >= 0.6 is 0 Å². The van der Waals surface area contributed by atoms with Gasteiger partial charge in [0.05, 0.1) is 49.7 Å². The van der Waals surface area contributed by atoms with Crippen LogP contribution in [0.2, 0.25) is 0 Å². The minimum absolute atomic E-state index is 0.0723. The SMILES string of the molecule is CC1c2cnc(-c3ncccn3)nc2CCN1c1cc(F)cc(N2CC(F)C2)n1.CC1c2cnc(-c3ncccn3)nc2CCN1c1cc(N2CC(F)C2)cc(F)n1. The number of fused-ring (bicyclic) bond motifs is 2. The van der Waals surface area contributed by atoms with Gasteiger partial charge < -0.3 is 19.6 Å². The molecule has 10 rings (SSSR count). The molecule has 2 saturated heterocycles. The van der Waals surface area contributed by atoms with Crippen molar-refractivity contribution in [3.05, 3.63) is 108 Å². The summed E-state index contributed by atoms with van der Waals surface area (Å²) >= 11 is 0. The van der Waals surface area contributed by atoms with E-state index in [-0.39, 0.29) is 31.0 Å². The molecule has 6 aromatic heterocycles. The highest BCUT2D eigenvalue weighted by molar-refractivity contribution is 5.59. The van der Waals surface area contributed by atoms with Crippen LogP contribution in [0.5, 0.6) is 0 Å². The third-order valence-corrected chi connectivity index (χ3v) is 10.8. The van der Waals surface area contributed by atoms with Crippen LogP contribution in [0.3, 0.4) is 0 Å². The van der Waals surface area contributed by atoms with Crippen LogP contribution < -0.4 is 19.6 Å². The molecular formula is C40H38F4N14. The van der Waals surface area contributed by atoms with Crippen molar-refractivity contribution in [3.63, 3.8) is 0 Å². The van der Waals surface area contributed by atoms with Gasteiger partial charge in [-0.2, -0.15) is 4.39 Å². The average molecular weight is 791 g/mol. The topological polar surface area (TPSA) is 142 Å². The van der Waals surface area contributed by atoms with E-state index in [1.54, 1.807) is 54.2 Å². The Morgan fingerprint density at radius 1 is 0.534 bits per heavy atom. The Morgan fingerprint density at radius 2 is 1.02 bits per heavy atom. The van der Waals surface area contributed by atoms with Crippen LogP contribution in [-0.4, -0.2) is 101 Å². The van der Waals surface area contributed by atoms with Crippen molar-refractivity contribution in [2.45, 2.75) is 51.1 Å². The molecule has 58 heavy (non-hydrogen) atoms. The van der Waals surface area contributed by atoms with E-state index in [0.29, 0.717) is 85.5 Å². The maximum Gasteiger partial charge on any atom is 0.216 e. The van der Waals surface area contributed by atoms with Crippen molar-refractivity contribution in [1.82, 2.24) is 49.8 Å². The number of pyridine rings is 2. The van der Waals surface area contributed by atoms with E-state index >= 15 is 0 Å². The van der Waals surface area contributed by atoms with Gasteiger partial charge in [-0.15, -0.1) is 0 Å². The van der Waals surface area contributed by atoms with Gasteiger partial charge in [0.15, 0.2) is 23.3 Å². The summed E-state index contributed by atoms with van der Waals surface area (Å²) in [5.41, 5.74) is 4.47. The summed E-state index contributed by atoms with van der Waals surface area (Å²) in [4.78, 5) is 51.3. The summed E-state index contributed by atoms with van der Waals surface area (Å²) in [6.45, 7) is 6.42. The summed E-state index contributed by atoms with van der Waals surface area (Å²) in [5.74, 6) is 2.57. The molecule has 0 amide bonds. The number of nitrogens with zero attached hydrogens (tertiary/aromatic N) is 14. The zero-order valence-electron chi connectivity index (χ0n) is 31.7. The lowest BCUT2D eigenvalue weighted by Gasteiger charge is -2.38. The molecule has 18 heteroatoms. The van der Waals surface area contributed by atoms with Gasteiger partial charge in [0.25, 0.3) is 0 Å². The van der Waals surface area contributed by atoms with Crippen molar-refractivity contribution >= 4 is 23.1 Å². The van der Waals surface area contributed by atoms with Gasteiger partial charge in [-0.05, 0) is 26.0 Å². The quantitative estimate of drug-likeness (QED) is 0.155. The Labute approximate surface area is 331 Å². The van der Waals surface area contributed by atoms with Gasteiger partial charge in [-0.25, -0.2) is 63.0 Å². The van der Waals surface area contributed by atoms with Crippen LogP contribution in [0.25, 0.3) is 23.3 Å². The standard InChI is InChI=1S/2C20H19F2N7/c1-12-15-9-25-20(19-23-4-2-5-24-19)26-16(15)3-6-29(12)18-8-14(7-17(22)27-18)28-10-13(21)11-28;1-12-15-9-25-20(19-23-4-2-5-24-19)26-16(15)3-6-29(12)18-8-13(21)7-17(27-18)28-10-14(22)11-28/h2,4-5,7-9,12-13H,3,6,10-11H2,1H3;2,4-5,7-9,12,14H,3,6,10-11H2,1H3. The summed E-state index contributed by atoms with van der Waals surface area (Å²) in [6, 6.07) is 9.30. The second-order valence-electron chi connectivity index (χ2n) is 14.6. The van der Waals surface area contributed by atoms with E-state index in [1.165, 1.54) is 18.2 Å². The zero-order valence-corrected chi connectivity index (χ0v) is 31.7. The second kappa shape index (κ2) is 15.5. The molecule has 0 aromatic carbocycles. The highest BCUT2D eigenvalue weighted by Crippen LogP contribution is 2.36. The Morgan fingerprint density at radius 3 is 1.53 bits per heavy atom. The van der Waals surface area contributed by atoms with Gasteiger partial charge >= 0.3 is 0 Å². The molecule has 14 nitrogen and oxygen atoms in total. The third kappa shape index (κ3) is 7.41. The van der Waals surface area contributed by atoms with Gasteiger partial charge in [0.1, 0.15) is 35.6 Å². The maximum atomic E-state index is 14.2. The highest BCUT2D eigenvalue weighted by atomic mass is 19.1. The fraction of sp³-hybridized carbons (Fsp3) is 0.350. The van der Waals surface area contributed by atoms with E-state index in [1.807, 2.05) is 34.6 Å². The van der Waals surface area contributed by atoms with Crippen LogP contribution in [0, 0.1) is 11.8 Å². The Kier molecular flexibility index (Phi) is 9.91. The van der Waals surface area contributed by atoms with Crippen molar-refractivity contribution in [2.24, 2.45) is 0 Å².